The lowest BCUT2D eigenvalue weighted by molar-refractivity contribution is -0.127. The minimum absolute atomic E-state index is 0.0673. The summed E-state index contributed by atoms with van der Waals surface area (Å²) in [6.45, 7) is 2.34. The smallest absolute Gasteiger partial charge is 0.262 e. The summed E-state index contributed by atoms with van der Waals surface area (Å²) in [5.74, 6) is -2.37. The van der Waals surface area contributed by atoms with Gasteiger partial charge in [0.15, 0.2) is 6.10 Å². The van der Waals surface area contributed by atoms with Crippen molar-refractivity contribution < 1.29 is 23.1 Å². The summed E-state index contributed by atoms with van der Waals surface area (Å²) >= 11 is 0. The lowest BCUT2D eigenvalue weighted by Gasteiger charge is -2.34. The van der Waals surface area contributed by atoms with Crippen LogP contribution in [0.15, 0.2) is 42.5 Å². The maximum absolute atomic E-state index is 14.1. The third-order valence-corrected chi connectivity index (χ3v) is 4.02. The molecule has 1 aliphatic heterocycles. The Morgan fingerprint density at radius 2 is 2.00 bits per heavy atom. The van der Waals surface area contributed by atoms with E-state index in [9.17, 15) is 18.4 Å². The van der Waals surface area contributed by atoms with Gasteiger partial charge in [-0.3, -0.25) is 9.59 Å². The third kappa shape index (κ3) is 3.51. The van der Waals surface area contributed by atoms with Crippen LogP contribution in [0, 0.1) is 11.6 Å². The first-order valence-electron chi connectivity index (χ1n) is 8.31. The van der Waals surface area contributed by atoms with E-state index in [-0.39, 0.29) is 18.0 Å². The predicted molar refractivity (Wildman–Crippen MR) is 92.2 cm³/mol. The highest BCUT2D eigenvalue weighted by Crippen LogP contribution is 2.34. The molecule has 2 aromatic rings. The van der Waals surface area contributed by atoms with Crippen molar-refractivity contribution in [1.29, 1.82) is 0 Å². The zero-order valence-corrected chi connectivity index (χ0v) is 14.2. The summed E-state index contributed by atoms with van der Waals surface area (Å²) in [6.07, 6.45) is -0.151. The number of fused-ring (bicyclic) bond motifs is 1. The molecule has 0 spiro atoms. The van der Waals surface area contributed by atoms with Crippen LogP contribution in [-0.2, 0) is 4.79 Å². The molecule has 3 rings (SSSR count). The van der Waals surface area contributed by atoms with Gasteiger partial charge in [0.05, 0.1) is 17.8 Å². The van der Waals surface area contributed by atoms with E-state index in [1.807, 2.05) is 6.92 Å². The first kappa shape index (κ1) is 17.8. The van der Waals surface area contributed by atoms with Crippen molar-refractivity contribution in [3.05, 3.63) is 59.7 Å². The van der Waals surface area contributed by atoms with Gasteiger partial charge in [-0.15, -0.1) is 0 Å². The van der Waals surface area contributed by atoms with Crippen LogP contribution < -0.4 is 15.0 Å². The summed E-state index contributed by atoms with van der Waals surface area (Å²) < 4.78 is 32.9. The molecule has 1 heterocycles. The molecule has 1 aliphatic rings. The van der Waals surface area contributed by atoms with E-state index in [0.29, 0.717) is 24.0 Å². The van der Waals surface area contributed by atoms with Crippen molar-refractivity contribution in [2.75, 3.05) is 18.0 Å². The van der Waals surface area contributed by atoms with E-state index >= 15 is 0 Å². The Morgan fingerprint density at radius 3 is 2.73 bits per heavy atom. The van der Waals surface area contributed by atoms with Crippen LogP contribution >= 0.6 is 0 Å². The van der Waals surface area contributed by atoms with E-state index in [2.05, 4.69) is 5.32 Å². The number of para-hydroxylation sites is 2. The van der Waals surface area contributed by atoms with Crippen LogP contribution in [0.5, 0.6) is 5.75 Å². The Balaban J connectivity index is 1.93. The second-order valence-corrected chi connectivity index (χ2v) is 5.91. The van der Waals surface area contributed by atoms with Crippen LogP contribution in [0.3, 0.4) is 0 Å². The van der Waals surface area contributed by atoms with E-state index in [1.54, 1.807) is 24.3 Å². The zero-order chi connectivity index (χ0) is 18.7. The Labute approximate surface area is 149 Å². The SMILES string of the molecule is CCCNC(=O)[C@H]1CN(C(=O)c2ccc(F)cc2F)c2ccccc2O1. The van der Waals surface area contributed by atoms with Gasteiger partial charge in [-0.25, -0.2) is 8.78 Å². The number of hydrogen-bond donors (Lipinski definition) is 1. The van der Waals surface area contributed by atoms with Gasteiger partial charge in [0.25, 0.3) is 11.8 Å². The summed E-state index contributed by atoms with van der Waals surface area (Å²) in [4.78, 5) is 26.4. The number of nitrogens with zero attached hydrogens (tertiary/aromatic N) is 1. The number of carbonyl (C=O) groups excluding carboxylic acids is 2. The van der Waals surface area contributed by atoms with Crippen molar-refractivity contribution in [2.24, 2.45) is 0 Å². The number of hydrogen-bond acceptors (Lipinski definition) is 3. The summed E-state index contributed by atoms with van der Waals surface area (Å²) in [5.41, 5.74) is 0.164. The fraction of sp³-hybridized carbons (Fsp3) is 0.263. The van der Waals surface area contributed by atoms with Crippen LogP contribution in [0.2, 0.25) is 0 Å². The molecule has 26 heavy (non-hydrogen) atoms. The summed E-state index contributed by atoms with van der Waals surface area (Å²) in [6, 6.07) is 9.48. The molecule has 2 aromatic carbocycles. The Bertz CT molecular complexity index is 841. The van der Waals surface area contributed by atoms with Crippen LogP contribution in [-0.4, -0.2) is 31.0 Å². The highest BCUT2D eigenvalue weighted by Gasteiger charge is 2.34. The van der Waals surface area contributed by atoms with Crippen molar-refractivity contribution in [2.45, 2.75) is 19.4 Å². The average Bonchev–Trinajstić information content (AvgIpc) is 2.64. The molecule has 0 fully saturated rings. The number of ether oxygens (including phenoxy) is 1. The maximum atomic E-state index is 14.1. The van der Waals surface area contributed by atoms with E-state index in [0.717, 1.165) is 18.6 Å². The van der Waals surface area contributed by atoms with Crippen molar-refractivity contribution in [3.8, 4) is 5.75 Å². The fourth-order valence-electron chi connectivity index (χ4n) is 2.73. The van der Waals surface area contributed by atoms with Gasteiger partial charge in [-0.1, -0.05) is 19.1 Å². The topological polar surface area (TPSA) is 58.6 Å². The third-order valence-electron chi connectivity index (χ3n) is 4.02. The molecular formula is C19H18F2N2O3. The van der Waals surface area contributed by atoms with Gasteiger partial charge in [-0.2, -0.15) is 0 Å². The predicted octanol–water partition coefficient (Wildman–Crippen LogP) is 2.90. The van der Waals surface area contributed by atoms with Crippen molar-refractivity contribution >= 4 is 17.5 Å². The van der Waals surface area contributed by atoms with E-state index in [4.69, 9.17) is 4.74 Å². The monoisotopic (exact) mass is 360 g/mol. The molecule has 1 N–H and O–H groups in total. The zero-order valence-electron chi connectivity index (χ0n) is 14.2. The number of anilines is 1. The number of rotatable bonds is 4. The molecule has 0 saturated heterocycles. The highest BCUT2D eigenvalue weighted by molar-refractivity contribution is 6.08. The van der Waals surface area contributed by atoms with Gasteiger partial charge in [0.1, 0.15) is 17.4 Å². The van der Waals surface area contributed by atoms with Crippen LogP contribution in [0.1, 0.15) is 23.7 Å². The molecule has 0 unspecified atom stereocenters. The lowest BCUT2D eigenvalue weighted by Crippen LogP contribution is -2.51. The Morgan fingerprint density at radius 1 is 1.23 bits per heavy atom. The van der Waals surface area contributed by atoms with Gasteiger partial charge in [0, 0.05) is 12.6 Å². The normalized spacial score (nSPS) is 15.8. The second-order valence-electron chi connectivity index (χ2n) is 5.91. The number of halogens is 2. The average molecular weight is 360 g/mol. The minimum Gasteiger partial charge on any atom is -0.477 e. The summed E-state index contributed by atoms with van der Waals surface area (Å²) in [5, 5.41) is 2.73. The quantitative estimate of drug-likeness (QED) is 0.912. The molecule has 136 valence electrons. The van der Waals surface area contributed by atoms with Crippen LogP contribution in [0.25, 0.3) is 0 Å². The number of nitrogens with one attached hydrogen (secondary N) is 1. The highest BCUT2D eigenvalue weighted by atomic mass is 19.1. The van der Waals surface area contributed by atoms with Crippen molar-refractivity contribution in [1.82, 2.24) is 5.32 Å². The van der Waals surface area contributed by atoms with Crippen LogP contribution in [0.4, 0.5) is 14.5 Å². The van der Waals surface area contributed by atoms with Gasteiger partial charge >= 0.3 is 0 Å². The number of amides is 2. The van der Waals surface area contributed by atoms with E-state index < -0.39 is 23.6 Å². The number of benzene rings is 2. The van der Waals surface area contributed by atoms with Crippen molar-refractivity contribution in [3.63, 3.8) is 0 Å². The molecule has 0 aliphatic carbocycles. The van der Waals surface area contributed by atoms with Gasteiger partial charge < -0.3 is 15.0 Å². The minimum atomic E-state index is -0.953. The lowest BCUT2D eigenvalue weighted by atomic mass is 10.1. The Hall–Kier alpha value is -2.96. The van der Waals surface area contributed by atoms with E-state index in [1.165, 1.54) is 4.90 Å². The molecule has 0 saturated carbocycles. The first-order valence-corrected chi connectivity index (χ1v) is 8.31. The largest absolute Gasteiger partial charge is 0.477 e. The molecule has 0 aromatic heterocycles. The fourth-order valence-corrected chi connectivity index (χ4v) is 2.73. The maximum Gasteiger partial charge on any atom is 0.262 e. The summed E-state index contributed by atoms with van der Waals surface area (Å²) in [7, 11) is 0. The molecule has 1 atom stereocenters. The number of carbonyl (C=O) groups is 2. The van der Waals surface area contributed by atoms with Gasteiger partial charge in [-0.05, 0) is 30.7 Å². The standard InChI is InChI=1S/C19H18F2N2O3/c1-2-9-22-18(24)17-11-23(15-5-3-4-6-16(15)26-17)19(25)13-8-7-12(20)10-14(13)21/h3-8,10,17H,2,9,11H2,1H3,(H,22,24)/t17-/m1/s1. The second kappa shape index (κ2) is 7.51. The molecular weight excluding hydrogens is 342 g/mol. The molecule has 0 radical (unpaired) electrons. The molecule has 7 heteroatoms. The molecule has 0 bridgehead atoms. The Kier molecular flexibility index (Phi) is 5.16. The molecule has 5 nitrogen and oxygen atoms in total. The first-order chi connectivity index (χ1) is 12.5. The molecule has 2 amide bonds. The van der Waals surface area contributed by atoms with Gasteiger partial charge in [0.2, 0.25) is 0 Å².